The second kappa shape index (κ2) is 3.94. The first-order valence-electron chi connectivity index (χ1n) is 5.95. The van der Waals surface area contributed by atoms with Crippen molar-refractivity contribution in [3.05, 3.63) is 42.5 Å². The molecule has 2 heteroatoms. The van der Waals surface area contributed by atoms with Gasteiger partial charge in [-0.05, 0) is 49.8 Å². The molecule has 0 N–H and O–H groups in total. The number of nitrogens with zero attached hydrogens (tertiary/aromatic N) is 1. The Morgan fingerprint density at radius 1 is 1.31 bits per heavy atom. The molecule has 16 heavy (non-hydrogen) atoms. The smallest absolute Gasteiger partial charge is 0.0555 e. The van der Waals surface area contributed by atoms with Crippen LogP contribution in [0.2, 0.25) is 0 Å². The average Bonchev–Trinajstić information content (AvgIpc) is 3.14. The first-order chi connectivity index (χ1) is 7.79. The predicted octanol–water partition coefficient (Wildman–Crippen LogP) is 3.65. The van der Waals surface area contributed by atoms with Gasteiger partial charge in [0, 0.05) is 10.9 Å². The highest BCUT2D eigenvalue weighted by Gasteiger charge is 2.54. The van der Waals surface area contributed by atoms with E-state index >= 15 is 0 Å². The van der Waals surface area contributed by atoms with Gasteiger partial charge < -0.3 is 0 Å². The van der Waals surface area contributed by atoms with Crippen molar-refractivity contribution in [1.82, 2.24) is 4.31 Å². The van der Waals surface area contributed by atoms with Crippen LogP contribution < -0.4 is 0 Å². The highest BCUT2D eigenvalue weighted by molar-refractivity contribution is 7.97. The molecule has 3 rings (SSSR count). The van der Waals surface area contributed by atoms with Gasteiger partial charge in [0.05, 0.1) is 6.04 Å². The van der Waals surface area contributed by atoms with Crippen LogP contribution in [0.1, 0.15) is 18.4 Å². The summed E-state index contributed by atoms with van der Waals surface area (Å²) in [7, 11) is 0. The van der Waals surface area contributed by atoms with Crippen LogP contribution in [0.15, 0.2) is 41.8 Å². The van der Waals surface area contributed by atoms with Crippen molar-refractivity contribution in [2.75, 3.05) is 0 Å². The summed E-state index contributed by atoms with van der Waals surface area (Å²) in [6.07, 6.45) is 4.93. The summed E-state index contributed by atoms with van der Waals surface area (Å²) in [4.78, 5) is 1.35. The molecule has 84 valence electrons. The fraction of sp³-hybridized carbons (Fsp3) is 0.429. The standard InChI is InChI=1S/C14H17NS/c1-3-13-14(11-6-7-11)15(13)16-12-8-4-10(2)5-9-12/h3-5,8-9,11,13-14H,1,6-7H2,2H3. The van der Waals surface area contributed by atoms with Crippen LogP contribution in [0.4, 0.5) is 0 Å². The van der Waals surface area contributed by atoms with E-state index in [0.29, 0.717) is 6.04 Å². The monoisotopic (exact) mass is 231 g/mol. The Bertz CT molecular complexity index is 394. The largest absolute Gasteiger partial charge is 0.233 e. The van der Waals surface area contributed by atoms with E-state index in [-0.39, 0.29) is 0 Å². The molecular weight excluding hydrogens is 214 g/mol. The fourth-order valence-electron chi connectivity index (χ4n) is 2.26. The van der Waals surface area contributed by atoms with Crippen molar-refractivity contribution < 1.29 is 0 Å². The van der Waals surface area contributed by atoms with Gasteiger partial charge in [-0.1, -0.05) is 23.8 Å². The molecule has 1 saturated carbocycles. The summed E-state index contributed by atoms with van der Waals surface area (Å²) >= 11 is 1.89. The first-order valence-corrected chi connectivity index (χ1v) is 6.72. The van der Waals surface area contributed by atoms with E-state index in [9.17, 15) is 0 Å². The van der Waals surface area contributed by atoms with E-state index in [0.717, 1.165) is 12.0 Å². The Morgan fingerprint density at radius 3 is 2.56 bits per heavy atom. The number of benzene rings is 1. The lowest BCUT2D eigenvalue weighted by molar-refractivity contribution is 0.708. The van der Waals surface area contributed by atoms with Crippen LogP contribution in [0.5, 0.6) is 0 Å². The summed E-state index contributed by atoms with van der Waals surface area (Å²) in [5, 5.41) is 0. The molecule has 3 atom stereocenters. The third kappa shape index (κ3) is 1.92. The van der Waals surface area contributed by atoms with Gasteiger partial charge in [0.1, 0.15) is 0 Å². The van der Waals surface area contributed by atoms with Crippen molar-refractivity contribution in [3.63, 3.8) is 0 Å². The summed E-state index contributed by atoms with van der Waals surface area (Å²) in [6.45, 7) is 6.06. The van der Waals surface area contributed by atoms with Crippen LogP contribution >= 0.6 is 11.9 Å². The van der Waals surface area contributed by atoms with E-state index in [4.69, 9.17) is 0 Å². The van der Waals surface area contributed by atoms with Crippen LogP contribution in [0.25, 0.3) is 0 Å². The molecule has 1 saturated heterocycles. The molecule has 0 bridgehead atoms. The molecular formula is C14H17NS. The van der Waals surface area contributed by atoms with Gasteiger partial charge in [0.15, 0.2) is 0 Å². The second-order valence-corrected chi connectivity index (χ2v) is 5.89. The van der Waals surface area contributed by atoms with Crippen molar-refractivity contribution in [3.8, 4) is 0 Å². The third-order valence-corrected chi connectivity index (χ3v) is 4.61. The van der Waals surface area contributed by atoms with Crippen LogP contribution in [0.3, 0.4) is 0 Å². The summed E-state index contributed by atoms with van der Waals surface area (Å²) in [5.74, 6) is 0.945. The third-order valence-electron chi connectivity index (χ3n) is 3.43. The summed E-state index contributed by atoms with van der Waals surface area (Å²) in [5.41, 5.74) is 1.33. The number of hydrogen-bond donors (Lipinski definition) is 0. The Balaban J connectivity index is 1.66. The molecule has 1 aliphatic heterocycles. The maximum atomic E-state index is 3.93. The van der Waals surface area contributed by atoms with Crippen LogP contribution in [0, 0.1) is 12.8 Å². The molecule has 1 nitrogen and oxygen atoms in total. The Kier molecular flexibility index (Phi) is 2.56. The van der Waals surface area contributed by atoms with Crippen LogP contribution in [-0.4, -0.2) is 16.4 Å². The van der Waals surface area contributed by atoms with Gasteiger partial charge >= 0.3 is 0 Å². The quantitative estimate of drug-likeness (QED) is 0.442. The molecule has 0 aromatic heterocycles. The normalized spacial score (nSPS) is 32.4. The maximum Gasteiger partial charge on any atom is 0.0555 e. The maximum absolute atomic E-state index is 3.93. The topological polar surface area (TPSA) is 3.01 Å². The minimum Gasteiger partial charge on any atom is -0.233 e. The Morgan fingerprint density at radius 2 is 2.00 bits per heavy atom. The highest BCUT2D eigenvalue weighted by Crippen LogP contribution is 2.52. The number of aryl methyl sites for hydroxylation is 1. The second-order valence-electron chi connectivity index (χ2n) is 4.82. The van der Waals surface area contributed by atoms with Gasteiger partial charge in [-0.2, -0.15) is 0 Å². The molecule has 1 aromatic rings. The molecule has 2 aliphatic rings. The minimum atomic E-state index is 0.610. The lowest BCUT2D eigenvalue weighted by Gasteiger charge is -2.03. The molecule has 1 heterocycles. The molecule has 0 radical (unpaired) electrons. The van der Waals surface area contributed by atoms with Gasteiger partial charge in [-0.3, -0.25) is 0 Å². The number of hydrogen-bond acceptors (Lipinski definition) is 2. The molecule has 1 aromatic carbocycles. The van der Waals surface area contributed by atoms with E-state index in [2.05, 4.69) is 48.1 Å². The Labute approximate surface area is 102 Å². The molecule has 0 amide bonds. The minimum absolute atomic E-state index is 0.610. The van der Waals surface area contributed by atoms with Crippen LogP contribution in [-0.2, 0) is 0 Å². The zero-order valence-corrected chi connectivity index (χ0v) is 10.4. The average molecular weight is 231 g/mol. The summed E-state index contributed by atoms with van der Waals surface area (Å²) in [6, 6.07) is 10.2. The lowest BCUT2D eigenvalue weighted by atomic mass is 10.2. The zero-order chi connectivity index (χ0) is 11.1. The zero-order valence-electron chi connectivity index (χ0n) is 9.60. The molecule has 0 spiro atoms. The number of rotatable bonds is 4. The van der Waals surface area contributed by atoms with E-state index in [1.807, 2.05) is 11.9 Å². The van der Waals surface area contributed by atoms with Crippen molar-refractivity contribution in [2.45, 2.75) is 36.7 Å². The molecule has 3 unspecified atom stereocenters. The Hall–Kier alpha value is -0.730. The van der Waals surface area contributed by atoms with Gasteiger partial charge in [0.2, 0.25) is 0 Å². The molecule has 1 aliphatic carbocycles. The summed E-state index contributed by atoms with van der Waals surface area (Å²) < 4.78 is 2.50. The fourth-order valence-corrected chi connectivity index (χ4v) is 3.45. The van der Waals surface area contributed by atoms with E-state index in [1.165, 1.54) is 23.3 Å². The van der Waals surface area contributed by atoms with Gasteiger partial charge in [-0.25, -0.2) is 4.31 Å². The van der Waals surface area contributed by atoms with Gasteiger partial charge in [0.25, 0.3) is 0 Å². The van der Waals surface area contributed by atoms with E-state index < -0.39 is 0 Å². The van der Waals surface area contributed by atoms with Crippen molar-refractivity contribution in [1.29, 1.82) is 0 Å². The predicted molar refractivity (Wildman–Crippen MR) is 69.4 cm³/mol. The van der Waals surface area contributed by atoms with Crippen molar-refractivity contribution >= 4 is 11.9 Å². The SMILES string of the molecule is C=CC1C(C2CC2)N1Sc1ccc(C)cc1. The van der Waals surface area contributed by atoms with Gasteiger partial charge in [-0.15, -0.1) is 6.58 Å². The van der Waals surface area contributed by atoms with E-state index in [1.54, 1.807) is 0 Å². The highest BCUT2D eigenvalue weighted by atomic mass is 32.2. The molecule has 2 fully saturated rings. The van der Waals surface area contributed by atoms with Crippen molar-refractivity contribution in [2.24, 2.45) is 5.92 Å². The lowest BCUT2D eigenvalue weighted by Crippen LogP contribution is -1.94. The first kappa shape index (κ1) is 10.4.